The molecule has 0 aliphatic heterocycles. The van der Waals surface area contributed by atoms with Crippen molar-refractivity contribution in [3.05, 3.63) is 0 Å². The molecule has 0 radical (unpaired) electrons. The molecule has 18 heteroatoms. The Morgan fingerprint density at radius 3 is 0.518 bits per heavy atom. The second-order valence-corrected chi connectivity index (χ2v) is 41.0. The molecule has 0 spiro atoms. The van der Waals surface area contributed by atoms with Crippen LogP contribution in [0.3, 0.4) is 0 Å². The predicted octanol–water partition coefficient (Wildman–Crippen LogP) is 39.7. The predicted molar refractivity (Wildman–Crippen MR) is 458 cm³/mol. The van der Waals surface area contributed by atoms with Crippen LogP contribution in [0.5, 0.6) is 0 Å². The Morgan fingerprint density at radius 2 is 0.482 bits per heavy atom. The van der Waals surface area contributed by atoms with Gasteiger partial charge in [-0.05, 0) is 144 Å². The Kier molecular flexibility index (Phi) is 66.6. The van der Waals surface area contributed by atoms with Crippen molar-refractivity contribution >= 4 is 0 Å². The lowest BCUT2D eigenvalue weighted by Gasteiger charge is -2.46. The van der Waals surface area contributed by atoms with E-state index in [4.69, 9.17) is 0 Å². The quantitative estimate of drug-likeness (QED) is 0.0895. The van der Waals surface area contributed by atoms with Crippen LogP contribution < -0.4 is 0 Å². The fourth-order valence-corrected chi connectivity index (χ4v) is 12.8. The zero-order valence-corrected chi connectivity index (χ0v) is 82.8. The molecule has 0 fully saturated rings. The molecule has 0 aromatic heterocycles. The Morgan fingerprint density at radius 1 is 0.223 bits per heavy atom. The number of hydrogen-bond donors (Lipinski definition) is 0. The molecule has 0 saturated carbocycles. The van der Waals surface area contributed by atoms with Gasteiger partial charge in [0.1, 0.15) is 0 Å². The molecule has 4 atom stereocenters. The largest absolute Gasteiger partial charge is 0.394 e. The molecule has 0 nitrogen and oxygen atoms in total. The molecule has 0 heterocycles. The number of alkyl halides is 18. The van der Waals surface area contributed by atoms with Gasteiger partial charge in [-0.3, -0.25) is 0 Å². The Hall–Kier alpha value is -1.26. The van der Waals surface area contributed by atoms with Crippen LogP contribution in [0.25, 0.3) is 0 Å². The first kappa shape index (κ1) is 134. The monoisotopic (exact) mass is 1660 g/mol. The third-order valence-electron chi connectivity index (χ3n) is 27.0. The summed E-state index contributed by atoms with van der Waals surface area (Å²) in [6.07, 6.45) is -11.2. The van der Waals surface area contributed by atoms with Gasteiger partial charge < -0.3 is 0 Å². The number of halogens is 18. The standard InChI is InChI=1S/2C11H21F3.C10H19F3.C10H22.C9H20.2C8H15F3.C7H13F3.2C7H16.C6H14/c1-7(2)9(8(3)4)10(5,6)11(12,13)14;1-6-9(4,7-2)10(5,8-3)11(12,13)14;1-5-8(6-2)9(4,7-3)10(11,12)13;1-7-10(6,8-2)9(3,4)5;1-6-8(7-2)9(3,4)5;1-5-7(4,6(2)3)8(9,10)11;1-4-6-7(3,5-2)8(9,10)11;1-4-6(3,5-2)7(8,9)10;1-6(2)7(3,4)5;1-5-6-7(2,3)4;1-5-6(2,3)4/h7-9H,1-6H3;6-8H2,1-5H3;8H,5-7H2,1-4H3;7-8H2,1-6H3;8H,6-7H2,1-5H3;6H,5H2,1-4H3;4-6H2,1-3H3;4-5H2,1-3H3;6H,1-5H3;5-6H2,1-4H3;5H2,1-4H3/t;10-;9-;;;2*7-;;;;/m.00..00..../s1. The van der Waals surface area contributed by atoms with Gasteiger partial charge in [0, 0.05) is 0 Å². The molecule has 0 N–H and O–H groups in total. The van der Waals surface area contributed by atoms with Crippen LogP contribution in [0.15, 0.2) is 0 Å². The molecule has 0 bridgehead atoms. The second kappa shape index (κ2) is 55.6. The van der Waals surface area contributed by atoms with Crippen LogP contribution >= 0.6 is 0 Å². The van der Waals surface area contributed by atoms with Gasteiger partial charge in [0.2, 0.25) is 0 Å². The average molecular weight is 1660 g/mol. The summed E-state index contributed by atoms with van der Waals surface area (Å²) in [6, 6.07) is 0. The van der Waals surface area contributed by atoms with Crippen LogP contribution in [0, 0.1) is 112 Å². The minimum absolute atomic E-state index is 0.0478. The molecule has 694 valence electrons. The normalized spacial score (nSPS) is 15.4. The highest BCUT2D eigenvalue weighted by Gasteiger charge is 2.59. The maximum Gasteiger partial charge on any atom is 0.394 e. The molecule has 0 aliphatic rings. The molecule has 0 unspecified atom stereocenters. The van der Waals surface area contributed by atoms with Crippen LogP contribution in [-0.4, -0.2) is 37.1 Å². The van der Waals surface area contributed by atoms with E-state index in [-0.39, 0.29) is 74.5 Å². The van der Waals surface area contributed by atoms with E-state index in [1.165, 1.54) is 93.4 Å². The molecule has 0 aliphatic carbocycles. The molecular weight excluding hydrogens is 1470 g/mol. The van der Waals surface area contributed by atoms with Gasteiger partial charge in [-0.25, -0.2) is 0 Å². The van der Waals surface area contributed by atoms with E-state index in [9.17, 15) is 79.0 Å². The zero-order chi connectivity index (χ0) is 94.0. The van der Waals surface area contributed by atoms with E-state index in [2.05, 4.69) is 166 Å². The minimum atomic E-state index is -4.12. The van der Waals surface area contributed by atoms with Gasteiger partial charge in [0.15, 0.2) is 0 Å². The van der Waals surface area contributed by atoms with Crippen LogP contribution in [0.2, 0.25) is 0 Å². The molecule has 0 aromatic rings. The summed E-state index contributed by atoms with van der Waals surface area (Å²) in [4.78, 5) is 0. The van der Waals surface area contributed by atoms with Crippen molar-refractivity contribution in [3.63, 3.8) is 0 Å². The third kappa shape index (κ3) is 50.7. The first-order chi connectivity index (χ1) is 49.0. The fraction of sp³-hybridized carbons (Fsp3) is 1.00. The second-order valence-electron chi connectivity index (χ2n) is 41.0. The van der Waals surface area contributed by atoms with Crippen molar-refractivity contribution in [3.8, 4) is 0 Å². The van der Waals surface area contributed by atoms with E-state index < -0.39 is 75.0 Å². The highest BCUT2D eigenvalue weighted by atomic mass is 19.4. The van der Waals surface area contributed by atoms with Crippen LogP contribution in [0.4, 0.5) is 79.0 Å². The van der Waals surface area contributed by atoms with E-state index in [1.807, 2.05) is 55.4 Å². The molecule has 112 heavy (non-hydrogen) atoms. The van der Waals surface area contributed by atoms with Gasteiger partial charge >= 0.3 is 37.1 Å². The number of rotatable bonds is 23. The van der Waals surface area contributed by atoms with Crippen molar-refractivity contribution in [2.24, 2.45) is 112 Å². The van der Waals surface area contributed by atoms with Crippen molar-refractivity contribution < 1.29 is 79.0 Å². The van der Waals surface area contributed by atoms with Crippen LogP contribution in [0.1, 0.15) is 461 Å². The van der Waals surface area contributed by atoms with Gasteiger partial charge in [-0.2, -0.15) is 79.0 Å². The average Bonchev–Trinajstić information content (AvgIpc) is 0.762. The summed E-state index contributed by atoms with van der Waals surface area (Å²) < 4.78 is 226. The highest BCUT2D eigenvalue weighted by molar-refractivity contribution is 4.96. The van der Waals surface area contributed by atoms with Crippen molar-refractivity contribution in [1.82, 2.24) is 0 Å². The smallest absolute Gasteiger partial charge is 0.171 e. The lowest BCUT2D eigenvalue weighted by atomic mass is 9.60. The fourth-order valence-electron chi connectivity index (χ4n) is 12.8. The maximum atomic E-state index is 13.0. The van der Waals surface area contributed by atoms with Crippen LogP contribution in [-0.2, 0) is 0 Å². The molecule has 0 aromatic carbocycles. The van der Waals surface area contributed by atoms with Crippen molar-refractivity contribution in [2.45, 2.75) is 498 Å². The zero-order valence-electron chi connectivity index (χ0n) is 82.8. The van der Waals surface area contributed by atoms with Crippen molar-refractivity contribution in [2.75, 3.05) is 0 Å². The topological polar surface area (TPSA) is 0 Å². The summed E-state index contributed by atoms with van der Waals surface area (Å²) in [5.74, 6) is 0.857. The SMILES string of the molecule is CC(C)C(C(C)C)C(C)(C)C(F)(F)F.CC(C)C(C)(C)C.CCC(C)(C)C.CCC(C)(CC)C(C)(C)C.CCC(C)(CC)C(F)(F)F.CCC(C)(CC)[C@](C)(CC)C(F)(F)F.CCC(CC)C(C)(C)C.CCC(CC)[C@](C)(CC)C(F)(F)F.CCCC(C)(C)C.CCC[C@](C)(CC)C(F)(F)F.CC[C@@](C)(C(C)C)C(F)(F)F. The first-order valence-electron chi connectivity index (χ1n) is 43.4. The summed E-state index contributed by atoms with van der Waals surface area (Å²) in [7, 11) is 0. The molecular formula is C94H192F18. The lowest BCUT2D eigenvalue weighted by molar-refractivity contribution is -0.259. The van der Waals surface area contributed by atoms with Gasteiger partial charge in [0.25, 0.3) is 0 Å². The van der Waals surface area contributed by atoms with E-state index in [0.717, 1.165) is 11.8 Å². The first-order valence-corrected chi connectivity index (χ1v) is 43.4. The molecule has 0 saturated heterocycles. The summed E-state index contributed by atoms with van der Waals surface area (Å²) >= 11 is 0. The van der Waals surface area contributed by atoms with E-state index in [0.29, 0.717) is 64.6 Å². The van der Waals surface area contributed by atoms with Gasteiger partial charge in [-0.1, -0.05) is 397 Å². The summed E-state index contributed by atoms with van der Waals surface area (Å²) in [5.41, 5.74) is -6.71. The Balaban J connectivity index is -0.000000112. The Labute approximate surface area is 686 Å². The minimum Gasteiger partial charge on any atom is -0.171 e. The number of hydrogen-bond acceptors (Lipinski definition) is 0. The van der Waals surface area contributed by atoms with Crippen molar-refractivity contribution in [1.29, 1.82) is 0 Å². The molecule has 0 amide bonds. The Bertz CT molecular complexity index is 2130. The van der Waals surface area contributed by atoms with Gasteiger partial charge in [-0.15, -0.1) is 0 Å². The summed E-state index contributed by atoms with van der Waals surface area (Å²) in [5, 5.41) is 0. The summed E-state index contributed by atoms with van der Waals surface area (Å²) in [6.45, 7) is 94.9. The highest BCUT2D eigenvalue weighted by Crippen LogP contribution is 2.57. The lowest BCUT2D eigenvalue weighted by Crippen LogP contribution is -2.47. The maximum absolute atomic E-state index is 13.0. The third-order valence-corrected chi connectivity index (χ3v) is 27.0. The molecule has 0 rings (SSSR count). The van der Waals surface area contributed by atoms with E-state index >= 15 is 0 Å². The van der Waals surface area contributed by atoms with E-state index in [1.54, 1.807) is 69.2 Å². The van der Waals surface area contributed by atoms with Gasteiger partial charge in [0.05, 0.1) is 32.5 Å².